The zero-order chi connectivity index (χ0) is 30.1. The SMILES string of the molecule is CCC(C(=O)OCCOC(=O)c1cc(Br)c(N)c(CN(CC)C2CCCC2)c1)c1cccc(C(=O)c2ccccc2)c1. The van der Waals surface area contributed by atoms with Crippen molar-refractivity contribution in [1.82, 2.24) is 4.90 Å². The third-order valence-corrected chi connectivity index (χ3v) is 8.57. The predicted molar refractivity (Wildman–Crippen MR) is 167 cm³/mol. The summed E-state index contributed by atoms with van der Waals surface area (Å²) < 4.78 is 11.6. The van der Waals surface area contributed by atoms with Gasteiger partial charge in [0.05, 0.1) is 17.2 Å². The Morgan fingerprint density at radius 2 is 1.60 bits per heavy atom. The highest BCUT2D eigenvalue weighted by molar-refractivity contribution is 9.10. The molecule has 0 spiro atoms. The fourth-order valence-electron chi connectivity index (χ4n) is 5.56. The van der Waals surface area contributed by atoms with Gasteiger partial charge in [-0.15, -0.1) is 0 Å². The normalized spacial score (nSPS) is 14.1. The molecule has 1 aliphatic carbocycles. The molecule has 0 aliphatic heterocycles. The Morgan fingerprint density at radius 3 is 2.29 bits per heavy atom. The van der Waals surface area contributed by atoms with Crippen molar-refractivity contribution < 1.29 is 23.9 Å². The van der Waals surface area contributed by atoms with E-state index in [1.807, 2.05) is 31.2 Å². The van der Waals surface area contributed by atoms with Crippen LogP contribution in [0.25, 0.3) is 0 Å². The fourth-order valence-corrected chi connectivity index (χ4v) is 6.06. The molecule has 7 nitrogen and oxygen atoms in total. The van der Waals surface area contributed by atoms with E-state index in [0.29, 0.717) is 51.4 Å². The molecule has 42 heavy (non-hydrogen) atoms. The molecule has 0 heterocycles. The van der Waals surface area contributed by atoms with Crippen LogP contribution in [0.3, 0.4) is 0 Å². The Morgan fingerprint density at radius 1 is 0.905 bits per heavy atom. The molecule has 1 aliphatic rings. The molecule has 0 saturated heterocycles. The van der Waals surface area contributed by atoms with Gasteiger partial charge < -0.3 is 15.2 Å². The lowest BCUT2D eigenvalue weighted by Crippen LogP contribution is -2.32. The highest BCUT2D eigenvalue weighted by atomic mass is 79.9. The summed E-state index contributed by atoms with van der Waals surface area (Å²) in [5, 5.41) is 0. The van der Waals surface area contributed by atoms with Crippen LogP contribution in [0, 0.1) is 0 Å². The van der Waals surface area contributed by atoms with Gasteiger partial charge in [0.2, 0.25) is 0 Å². The molecular weight excluding hydrogens is 596 g/mol. The van der Waals surface area contributed by atoms with Gasteiger partial charge in [-0.25, -0.2) is 4.79 Å². The van der Waals surface area contributed by atoms with Crippen molar-refractivity contribution in [2.45, 2.75) is 64.5 Å². The number of ether oxygens (including phenoxy) is 2. The van der Waals surface area contributed by atoms with Crippen molar-refractivity contribution in [1.29, 1.82) is 0 Å². The summed E-state index contributed by atoms with van der Waals surface area (Å²) in [5.41, 5.74) is 10.1. The summed E-state index contributed by atoms with van der Waals surface area (Å²) in [6.07, 6.45) is 5.36. The standard InChI is InChI=1S/C34H39BrN2O5/c1-3-29(24-13-10-14-25(19-24)32(38)23-11-6-5-7-12-23)34(40)42-18-17-41-33(39)26-20-27(31(36)30(35)21-26)22-37(4-2)28-15-8-9-16-28/h5-7,10-14,19-21,28-29H,3-4,8-9,15-18,22,36H2,1-2H3. The quantitative estimate of drug-likeness (QED) is 0.0942. The van der Waals surface area contributed by atoms with E-state index >= 15 is 0 Å². The van der Waals surface area contributed by atoms with Crippen LogP contribution in [0.2, 0.25) is 0 Å². The van der Waals surface area contributed by atoms with Gasteiger partial charge in [-0.3, -0.25) is 14.5 Å². The third-order valence-electron chi connectivity index (χ3n) is 7.91. The van der Waals surface area contributed by atoms with Crippen LogP contribution >= 0.6 is 15.9 Å². The van der Waals surface area contributed by atoms with Crippen LogP contribution in [0.5, 0.6) is 0 Å². The van der Waals surface area contributed by atoms with Gasteiger partial charge >= 0.3 is 11.9 Å². The van der Waals surface area contributed by atoms with Crippen LogP contribution in [0.15, 0.2) is 71.2 Å². The summed E-state index contributed by atoms with van der Waals surface area (Å²) in [7, 11) is 0. The molecule has 8 heteroatoms. The molecule has 4 rings (SSSR count). The van der Waals surface area contributed by atoms with E-state index in [9.17, 15) is 14.4 Å². The van der Waals surface area contributed by atoms with Gasteiger partial charge in [0.15, 0.2) is 5.78 Å². The topological polar surface area (TPSA) is 98.9 Å². The maximum absolute atomic E-state index is 12.9. The fraction of sp³-hybridized carbons (Fsp3) is 0.382. The summed E-state index contributed by atoms with van der Waals surface area (Å²) in [6, 6.07) is 20.1. The number of anilines is 1. The number of halogens is 1. The monoisotopic (exact) mass is 634 g/mol. The van der Waals surface area contributed by atoms with Crippen molar-refractivity contribution in [3.05, 3.63) is 99.0 Å². The zero-order valence-corrected chi connectivity index (χ0v) is 25.9. The molecule has 0 amide bonds. The van der Waals surface area contributed by atoms with E-state index in [-0.39, 0.29) is 19.0 Å². The number of nitrogens with two attached hydrogens (primary N) is 1. The number of esters is 2. The summed E-state index contributed by atoms with van der Waals surface area (Å²) in [6.45, 7) is 5.47. The first-order valence-corrected chi connectivity index (χ1v) is 15.5. The lowest BCUT2D eigenvalue weighted by molar-refractivity contribution is -0.146. The number of rotatable bonds is 13. The number of nitrogen functional groups attached to an aromatic ring is 1. The van der Waals surface area contributed by atoms with Crippen molar-refractivity contribution in [2.75, 3.05) is 25.5 Å². The summed E-state index contributed by atoms with van der Waals surface area (Å²) >= 11 is 3.49. The van der Waals surface area contributed by atoms with Crippen LogP contribution in [-0.2, 0) is 20.8 Å². The van der Waals surface area contributed by atoms with Gasteiger partial charge in [0, 0.05) is 28.2 Å². The van der Waals surface area contributed by atoms with E-state index in [0.717, 1.165) is 12.1 Å². The number of carbonyl (C=O) groups is 3. The van der Waals surface area contributed by atoms with Crippen molar-refractivity contribution in [2.24, 2.45) is 0 Å². The van der Waals surface area contributed by atoms with Gasteiger partial charge in [-0.2, -0.15) is 0 Å². The summed E-state index contributed by atoms with van der Waals surface area (Å²) in [5.74, 6) is -1.58. The first-order chi connectivity index (χ1) is 20.3. The number of benzene rings is 3. The molecule has 2 N–H and O–H groups in total. The Balaban J connectivity index is 1.33. The molecule has 1 saturated carbocycles. The highest BCUT2D eigenvalue weighted by Gasteiger charge is 2.24. The minimum absolute atomic E-state index is 0.0714. The number of hydrogen-bond donors (Lipinski definition) is 1. The van der Waals surface area contributed by atoms with Crippen LogP contribution in [-0.4, -0.2) is 48.4 Å². The van der Waals surface area contributed by atoms with Gasteiger partial charge in [-0.05, 0) is 71.1 Å². The molecular formula is C34H39BrN2O5. The minimum atomic E-state index is -0.541. The molecule has 1 unspecified atom stereocenters. The van der Waals surface area contributed by atoms with Crippen molar-refractivity contribution in [3.63, 3.8) is 0 Å². The van der Waals surface area contributed by atoms with E-state index < -0.39 is 17.9 Å². The lowest BCUT2D eigenvalue weighted by Gasteiger charge is -2.28. The second kappa shape index (κ2) is 15.1. The minimum Gasteiger partial charge on any atom is -0.462 e. The van der Waals surface area contributed by atoms with E-state index in [1.54, 1.807) is 42.5 Å². The average Bonchev–Trinajstić information content (AvgIpc) is 3.55. The average molecular weight is 636 g/mol. The first-order valence-electron chi connectivity index (χ1n) is 14.7. The number of hydrogen-bond acceptors (Lipinski definition) is 7. The van der Waals surface area contributed by atoms with Gasteiger partial charge in [0.1, 0.15) is 13.2 Å². The molecule has 3 aromatic rings. The molecule has 0 aromatic heterocycles. The van der Waals surface area contributed by atoms with Crippen LogP contribution < -0.4 is 5.73 Å². The van der Waals surface area contributed by atoms with Crippen molar-refractivity contribution in [3.8, 4) is 0 Å². The van der Waals surface area contributed by atoms with E-state index in [2.05, 4.69) is 27.8 Å². The number of carbonyl (C=O) groups excluding carboxylic acids is 3. The van der Waals surface area contributed by atoms with Gasteiger partial charge in [-0.1, -0.05) is 75.2 Å². The molecule has 1 atom stereocenters. The van der Waals surface area contributed by atoms with Crippen LogP contribution in [0.1, 0.15) is 89.3 Å². The maximum atomic E-state index is 12.9. The molecule has 0 radical (unpaired) electrons. The third kappa shape index (κ3) is 7.86. The number of nitrogens with zero attached hydrogens (tertiary/aromatic N) is 1. The Kier molecular flexibility index (Phi) is 11.3. The molecule has 3 aromatic carbocycles. The van der Waals surface area contributed by atoms with E-state index in [4.69, 9.17) is 15.2 Å². The summed E-state index contributed by atoms with van der Waals surface area (Å²) in [4.78, 5) is 41.1. The zero-order valence-electron chi connectivity index (χ0n) is 24.3. The second-order valence-corrected chi connectivity index (χ2v) is 11.5. The maximum Gasteiger partial charge on any atom is 0.338 e. The Hall–Kier alpha value is -3.49. The largest absolute Gasteiger partial charge is 0.462 e. The van der Waals surface area contributed by atoms with Crippen LogP contribution in [0.4, 0.5) is 5.69 Å². The van der Waals surface area contributed by atoms with Crippen molar-refractivity contribution >= 4 is 39.3 Å². The molecule has 1 fully saturated rings. The number of ketones is 1. The first kappa shape index (κ1) is 31.4. The van der Waals surface area contributed by atoms with Gasteiger partial charge in [0.25, 0.3) is 0 Å². The Labute approximate surface area is 256 Å². The highest BCUT2D eigenvalue weighted by Crippen LogP contribution is 2.30. The predicted octanol–water partition coefficient (Wildman–Crippen LogP) is 6.92. The van der Waals surface area contributed by atoms with E-state index in [1.165, 1.54) is 25.7 Å². The molecule has 222 valence electrons. The molecule has 0 bridgehead atoms. The lowest BCUT2D eigenvalue weighted by atomic mass is 9.93. The second-order valence-electron chi connectivity index (χ2n) is 10.6. The smallest absolute Gasteiger partial charge is 0.338 e. The Bertz CT molecular complexity index is 1390.